The molecular formula is C13H17NO2. The molecule has 1 fully saturated rings. The first-order valence-electron chi connectivity index (χ1n) is 5.83. The van der Waals surface area contributed by atoms with E-state index in [1.165, 1.54) is 0 Å². The Morgan fingerprint density at radius 3 is 2.69 bits per heavy atom. The first kappa shape index (κ1) is 11.0. The molecule has 1 aromatic carbocycles. The lowest BCUT2D eigenvalue weighted by Gasteiger charge is -2.22. The summed E-state index contributed by atoms with van der Waals surface area (Å²) in [4.78, 5) is 14.1. The van der Waals surface area contributed by atoms with Gasteiger partial charge in [-0.15, -0.1) is 0 Å². The van der Waals surface area contributed by atoms with E-state index in [0.29, 0.717) is 11.6 Å². The largest absolute Gasteiger partial charge is 0.507 e. The Morgan fingerprint density at radius 2 is 2.12 bits per heavy atom. The van der Waals surface area contributed by atoms with Crippen molar-refractivity contribution in [1.29, 1.82) is 0 Å². The van der Waals surface area contributed by atoms with Gasteiger partial charge in [0.1, 0.15) is 5.75 Å². The Hall–Kier alpha value is -1.51. The van der Waals surface area contributed by atoms with E-state index in [2.05, 4.69) is 6.92 Å². The molecule has 0 radical (unpaired) electrons. The van der Waals surface area contributed by atoms with Gasteiger partial charge in [-0.1, -0.05) is 19.1 Å². The van der Waals surface area contributed by atoms with Crippen LogP contribution in [0.3, 0.4) is 0 Å². The van der Waals surface area contributed by atoms with Gasteiger partial charge in [-0.2, -0.15) is 0 Å². The number of hydrogen-bond acceptors (Lipinski definition) is 2. The highest BCUT2D eigenvalue weighted by atomic mass is 16.3. The lowest BCUT2D eigenvalue weighted by atomic mass is 10.1. The summed E-state index contributed by atoms with van der Waals surface area (Å²) in [7, 11) is 0. The molecule has 0 spiro atoms. The minimum atomic E-state index is -0.0394. The Bertz CT molecular complexity index is 385. The summed E-state index contributed by atoms with van der Waals surface area (Å²) in [5.74, 6) is 0.0386. The number of carbonyl (C=O) groups is 1. The van der Waals surface area contributed by atoms with Crippen molar-refractivity contribution in [3.8, 4) is 5.75 Å². The van der Waals surface area contributed by atoms with Gasteiger partial charge in [0.25, 0.3) is 5.91 Å². The Morgan fingerprint density at radius 1 is 1.44 bits per heavy atom. The van der Waals surface area contributed by atoms with E-state index in [-0.39, 0.29) is 11.7 Å². The van der Waals surface area contributed by atoms with Crippen LogP contribution in [0.25, 0.3) is 0 Å². The summed E-state index contributed by atoms with van der Waals surface area (Å²) in [6, 6.07) is 7.15. The number of para-hydroxylation sites is 1. The molecule has 0 heterocycles. The van der Waals surface area contributed by atoms with Gasteiger partial charge in [0.15, 0.2) is 0 Å². The topological polar surface area (TPSA) is 40.5 Å². The molecule has 0 aliphatic heterocycles. The lowest BCUT2D eigenvalue weighted by Crippen LogP contribution is -2.33. The van der Waals surface area contributed by atoms with Crippen LogP contribution in [0.4, 0.5) is 0 Å². The lowest BCUT2D eigenvalue weighted by molar-refractivity contribution is 0.0740. The molecule has 1 saturated carbocycles. The zero-order valence-electron chi connectivity index (χ0n) is 9.52. The van der Waals surface area contributed by atoms with Gasteiger partial charge >= 0.3 is 0 Å². The third kappa shape index (κ3) is 2.18. The van der Waals surface area contributed by atoms with Gasteiger partial charge in [-0.3, -0.25) is 4.79 Å². The second kappa shape index (κ2) is 4.56. The number of rotatable bonds is 4. The van der Waals surface area contributed by atoms with Crippen molar-refractivity contribution >= 4 is 5.91 Å². The molecule has 3 nitrogen and oxygen atoms in total. The average molecular weight is 219 g/mol. The molecule has 1 aliphatic rings. The average Bonchev–Trinajstić information content (AvgIpc) is 3.09. The molecule has 16 heavy (non-hydrogen) atoms. The van der Waals surface area contributed by atoms with Crippen LogP contribution in [-0.2, 0) is 0 Å². The van der Waals surface area contributed by atoms with E-state index in [1.54, 1.807) is 24.3 Å². The molecule has 0 aromatic heterocycles. The number of carbonyl (C=O) groups excluding carboxylic acids is 1. The molecule has 0 atom stereocenters. The first-order valence-corrected chi connectivity index (χ1v) is 5.83. The van der Waals surface area contributed by atoms with Crippen molar-refractivity contribution in [3.63, 3.8) is 0 Å². The summed E-state index contributed by atoms with van der Waals surface area (Å²) < 4.78 is 0. The van der Waals surface area contributed by atoms with Crippen LogP contribution in [0.5, 0.6) is 5.75 Å². The van der Waals surface area contributed by atoms with Crippen LogP contribution in [-0.4, -0.2) is 28.5 Å². The summed E-state index contributed by atoms with van der Waals surface area (Å²) in [5, 5.41) is 9.65. The fourth-order valence-corrected chi connectivity index (χ4v) is 1.89. The van der Waals surface area contributed by atoms with Gasteiger partial charge < -0.3 is 10.0 Å². The highest BCUT2D eigenvalue weighted by Gasteiger charge is 2.33. The zero-order valence-corrected chi connectivity index (χ0v) is 9.52. The third-order valence-corrected chi connectivity index (χ3v) is 2.85. The van der Waals surface area contributed by atoms with Crippen LogP contribution in [0.2, 0.25) is 0 Å². The highest BCUT2D eigenvalue weighted by molar-refractivity contribution is 5.97. The van der Waals surface area contributed by atoms with Crippen LogP contribution in [0.15, 0.2) is 24.3 Å². The predicted molar refractivity (Wildman–Crippen MR) is 62.5 cm³/mol. The molecule has 3 heteroatoms. The number of benzene rings is 1. The molecular weight excluding hydrogens is 202 g/mol. The Kier molecular flexibility index (Phi) is 3.13. The summed E-state index contributed by atoms with van der Waals surface area (Å²) in [5.41, 5.74) is 0.419. The van der Waals surface area contributed by atoms with Crippen molar-refractivity contribution in [2.45, 2.75) is 32.2 Å². The fourth-order valence-electron chi connectivity index (χ4n) is 1.89. The molecule has 0 unspecified atom stereocenters. The van der Waals surface area contributed by atoms with Gasteiger partial charge in [-0.05, 0) is 31.4 Å². The summed E-state index contributed by atoms with van der Waals surface area (Å²) in [6.07, 6.45) is 3.15. The SMILES string of the molecule is CCCN(C(=O)c1ccccc1O)C1CC1. The van der Waals surface area contributed by atoms with Gasteiger partial charge in [0.2, 0.25) is 0 Å². The Labute approximate surface area is 95.7 Å². The second-order valence-electron chi connectivity index (χ2n) is 4.25. The number of aromatic hydroxyl groups is 1. The second-order valence-corrected chi connectivity index (χ2v) is 4.25. The quantitative estimate of drug-likeness (QED) is 0.844. The molecule has 0 bridgehead atoms. The van der Waals surface area contributed by atoms with Crippen LogP contribution in [0, 0.1) is 0 Å². The molecule has 2 rings (SSSR count). The van der Waals surface area contributed by atoms with Crippen LogP contribution < -0.4 is 0 Å². The predicted octanol–water partition coefficient (Wildman–Crippen LogP) is 2.41. The standard InChI is InChI=1S/C13H17NO2/c1-2-9-14(10-7-8-10)13(16)11-5-3-4-6-12(11)15/h3-6,10,15H,2,7-9H2,1H3. The van der Waals surface area contributed by atoms with Crippen molar-refractivity contribution in [3.05, 3.63) is 29.8 Å². The van der Waals surface area contributed by atoms with Gasteiger partial charge in [0, 0.05) is 12.6 Å². The number of phenols is 1. The molecule has 1 N–H and O–H groups in total. The van der Waals surface area contributed by atoms with Crippen LogP contribution >= 0.6 is 0 Å². The summed E-state index contributed by atoms with van der Waals surface area (Å²) in [6.45, 7) is 2.84. The number of phenolic OH excluding ortho intramolecular Hbond substituents is 1. The van der Waals surface area contributed by atoms with Gasteiger partial charge in [-0.25, -0.2) is 0 Å². The maximum Gasteiger partial charge on any atom is 0.257 e. The van der Waals surface area contributed by atoms with Crippen LogP contribution in [0.1, 0.15) is 36.5 Å². The van der Waals surface area contributed by atoms with E-state index < -0.39 is 0 Å². The van der Waals surface area contributed by atoms with E-state index >= 15 is 0 Å². The third-order valence-electron chi connectivity index (χ3n) is 2.85. The van der Waals surface area contributed by atoms with Crippen molar-refractivity contribution < 1.29 is 9.90 Å². The molecule has 1 aliphatic carbocycles. The molecule has 1 aromatic rings. The minimum absolute atomic E-state index is 0.0394. The maximum atomic E-state index is 12.2. The maximum absolute atomic E-state index is 12.2. The van der Waals surface area contributed by atoms with Crippen molar-refractivity contribution in [2.75, 3.05) is 6.54 Å². The zero-order chi connectivity index (χ0) is 11.5. The van der Waals surface area contributed by atoms with Gasteiger partial charge in [0.05, 0.1) is 5.56 Å². The minimum Gasteiger partial charge on any atom is -0.507 e. The number of hydrogen-bond donors (Lipinski definition) is 1. The van der Waals surface area contributed by atoms with E-state index in [0.717, 1.165) is 25.8 Å². The molecule has 0 saturated heterocycles. The fraction of sp³-hybridized carbons (Fsp3) is 0.462. The monoisotopic (exact) mass is 219 g/mol. The normalized spacial score (nSPS) is 14.8. The molecule has 86 valence electrons. The van der Waals surface area contributed by atoms with E-state index in [4.69, 9.17) is 0 Å². The smallest absolute Gasteiger partial charge is 0.257 e. The summed E-state index contributed by atoms with van der Waals surface area (Å²) >= 11 is 0. The van der Waals surface area contributed by atoms with Crippen molar-refractivity contribution in [1.82, 2.24) is 4.90 Å². The Balaban J connectivity index is 2.19. The number of amides is 1. The molecule has 1 amide bonds. The number of nitrogens with zero attached hydrogens (tertiary/aromatic N) is 1. The highest BCUT2D eigenvalue weighted by Crippen LogP contribution is 2.29. The van der Waals surface area contributed by atoms with E-state index in [1.807, 2.05) is 4.90 Å². The van der Waals surface area contributed by atoms with E-state index in [9.17, 15) is 9.90 Å². The first-order chi connectivity index (χ1) is 7.74. The van der Waals surface area contributed by atoms with Crippen molar-refractivity contribution in [2.24, 2.45) is 0 Å².